The first kappa shape index (κ1) is 16.2. The zero-order chi connectivity index (χ0) is 17.4. The summed E-state index contributed by atoms with van der Waals surface area (Å²) < 4.78 is 41.1. The van der Waals surface area contributed by atoms with Crippen molar-refractivity contribution in [2.75, 3.05) is 6.54 Å². The Bertz CT molecular complexity index is 1020. The normalized spacial score (nSPS) is 18.7. The maximum absolute atomic E-state index is 13.2. The molecule has 0 spiro atoms. The summed E-state index contributed by atoms with van der Waals surface area (Å²) in [6.07, 6.45) is 1.55. The average Bonchev–Trinajstić information content (AvgIpc) is 3.12. The zero-order valence-electron chi connectivity index (χ0n) is 13.6. The van der Waals surface area contributed by atoms with E-state index in [0.717, 1.165) is 29.2 Å². The lowest BCUT2D eigenvalue weighted by Crippen LogP contribution is -2.30. The van der Waals surface area contributed by atoms with Gasteiger partial charge in [0.05, 0.1) is 10.9 Å². The maximum atomic E-state index is 13.2. The van der Waals surface area contributed by atoms with Crippen LogP contribution in [0.1, 0.15) is 24.4 Å². The Hall–Kier alpha value is -2.24. The number of rotatable bonds is 3. The van der Waals surface area contributed by atoms with Crippen LogP contribution in [0.25, 0.3) is 10.8 Å². The molecule has 3 nitrogen and oxygen atoms in total. The molecule has 1 unspecified atom stereocenters. The fourth-order valence-corrected chi connectivity index (χ4v) is 5.23. The van der Waals surface area contributed by atoms with Crippen molar-refractivity contribution in [3.63, 3.8) is 0 Å². The van der Waals surface area contributed by atoms with Crippen LogP contribution in [0.2, 0.25) is 0 Å². The number of benzene rings is 3. The molecule has 25 heavy (non-hydrogen) atoms. The van der Waals surface area contributed by atoms with Crippen molar-refractivity contribution < 1.29 is 12.8 Å². The molecule has 0 amide bonds. The first-order valence-electron chi connectivity index (χ1n) is 8.32. The fraction of sp³-hybridized carbons (Fsp3) is 0.200. The third kappa shape index (κ3) is 2.94. The largest absolute Gasteiger partial charge is 0.243 e. The van der Waals surface area contributed by atoms with Crippen LogP contribution in [-0.2, 0) is 10.0 Å². The summed E-state index contributed by atoms with van der Waals surface area (Å²) in [5.41, 5.74) is 0.836. The Morgan fingerprint density at radius 3 is 2.40 bits per heavy atom. The second-order valence-corrected chi connectivity index (χ2v) is 8.22. The third-order valence-corrected chi connectivity index (χ3v) is 6.69. The molecule has 3 aromatic carbocycles. The lowest BCUT2D eigenvalue weighted by Gasteiger charge is -2.24. The van der Waals surface area contributed by atoms with Crippen LogP contribution in [0.5, 0.6) is 0 Å². The number of sulfonamides is 1. The topological polar surface area (TPSA) is 37.4 Å². The second kappa shape index (κ2) is 6.24. The van der Waals surface area contributed by atoms with E-state index in [1.165, 1.54) is 12.1 Å². The Kier molecular flexibility index (Phi) is 4.06. The molecular weight excluding hydrogens is 337 g/mol. The quantitative estimate of drug-likeness (QED) is 0.693. The molecule has 1 aliphatic rings. The summed E-state index contributed by atoms with van der Waals surface area (Å²) in [6.45, 7) is 0.483. The molecule has 0 bridgehead atoms. The molecule has 128 valence electrons. The van der Waals surface area contributed by atoms with Gasteiger partial charge in [0.25, 0.3) is 0 Å². The van der Waals surface area contributed by atoms with Gasteiger partial charge in [-0.1, -0.05) is 42.5 Å². The molecule has 3 aromatic rings. The molecule has 5 heteroatoms. The average molecular weight is 355 g/mol. The van der Waals surface area contributed by atoms with Gasteiger partial charge in [-0.05, 0) is 53.4 Å². The number of hydrogen-bond donors (Lipinski definition) is 0. The number of fused-ring (bicyclic) bond motifs is 1. The SMILES string of the molecule is O=S(=O)(c1ccc2ccccc2c1)N1CCCC1c1ccc(F)cc1. The summed E-state index contributed by atoms with van der Waals surface area (Å²) in [6, 6.07) is 18.8. The summed E-state index contributed by atoms with van der Waals surface area (Å²) in [4.78, 5) is 0.306. The highest BCUT2D eigenvalue weighted by atomic mass is 32.2. The van der Waals surface area contributed by atoms with Crippen molar-refractivity contribution in [1.82, 2.24) is 4.31 Å². The van der Waals surface area contributed by atoms with Crippen LogP contribution >= 0.6 is 0 Å². The van der Waals surface area contributed by atoms with Gasteiger partial charge in [0.2, 0.25) is 10.0 Å². The van der Waals surface area contributed by atoms with Crippen LogP contribution in [0, 0.1) is 5.82 Å². The van der Waals surface area contributed by atoms with E-state index in [0.29, 0.717) is 11.4 Å². The van der Waals surface area contributed by atoms with Crippen LogP contribution < -0.4 is 0 Å². The lowest BCUT2D eigenvalue weighted by atomic mass is 10.1. The molecule has 1 fully saturated rings. The van der Waals surface area contributed by atoms with Gasteiger partial charge < -0.3 is 0 Å². The van der Waals surface area contributed by atoms with E-state index in [2.05, 4.69) is 0 Å². The first-order chi connectivity index (χ1) is 12.1. The van der Waals surface area contributed by atoms with Crippen molar-refractivity contribution in [2.45, 2.75) is 23.8 Å². The van der Waals surface area contributed by atoms with Gasteiger partial charge in [0.15, 0.2) is 0 Å². The number of hydrogen-bond acceptors (Lipinski definition) is 2. The summed E-state index contributed by atoms with van der Waals surface area (Å²) in [7, 11) is -3.60. The molecule has 0 aromatic heterocycles. The summed E-state index contributed by atoms with van der Waals surface area (Å²) in [5, 5.41) is 1.92. The molecule has 1 saturated heterocycles. The summed E-state index contributed by atoms with van der Waals surface area (Å²) in [5.74, 6) is -0.314. The molecule has 1 aliphatic heterocycles. The van der Waals surface area contributed by atoms with Gasteiger partial charge in [-0.15, -0.1) is 0 Å². The van der Waals surface area contributed by atoms with Gasteiger partial charge in [-0.3, -0.25) is 0 Å². The summed E-state index contributed by atoms with van der Waals surface area (Å²) >= 11 is 0. The van der Waals surface area contributed by atoms with Crippen molar-refractivity contribution in [3.8, 4) is 0 Å². The molecule has 0 aliphatic carbocycles. The predicted octanol–water partition coefficient (Wildman–Crippen LogP) is 4.50. The molecule has 0 radical (unpaired) electrons. The highest BCUT2D eigenvalue weighted by Gasteiger charge is 2.36. The van der Waals surface area contributed by atoms with E-state index in [4.69, 9.17) is 0 Å². The maximum Gasteiger partial charge on any atom is 0.243 e. The van der Waals surface area contributed by atoms with Gasteiger partial charge >= 0.3 is 0 Å². The van der Waals surface area contributed by atoms with E-state index in [9.17, 15) is 12.8 Å². The molecule has 0 N–H and O–H groups in total. The Morgan fingerprint density at radius 2 is 1.64 bits per heavy atom. The minimum atomic E-state index is -3.60. The molecule has 4 rings (SSSR count). The zero-order valence-corrected chi connectivity index (χ0v) is 14.4. The van der Waals surface area contributed by atoms with Gasteiger partial charge in [0.1, 0.15) is 5.82 Å². The minimum absolute atomic E-state index is 0.239. The Balaban J connectivity index is 1.73. The van der Waals surface area contributed by atoms with E-state index >= 15 is 0 Å². The van der Waals surface area contributed by atoms with Gasteiger partial charge in [-0.2, -0.15) is 4.31 Å². The van der Waals surface area contributed by atoms with Crippen molar-refractivity contribution >= 4 is 20.8 Å². The van der Waals surface area contributed by atoms with E-state index in [1.807, 2.05) is 30.3 Å². The monoisotopic (exact) mass is 355 g/mol. The Morgan fingerprint density at radius 1 is 0.920 bits per heavy atom. The number of halogens is 1. The fourth-order valence-electron chi connectivity index (χ4n) is 3.51. The third-order valence-electron chi connectivity index (χ3n) is 4.79. The van der Waals surface area contributed by atoms with Gasteiger partial charge in [0, 0.05) is 6.54 Å². The number of nitrogens with zero attached hydrogens (tertiary/aromatic N) is 1. The van der Waals surface area contributed by atoms with E-state index in [-0.39, 0.29) is 11.9 Å². The van der Waals surface area contributed by atoms with Crippen molar-refractivity contribution in [1.29, 1.82) is 0 Å². The van der Waals surface area contributed by atoms with Crippen molar-refractivity contribution in [2.24, 2.45) is 0 Å². The molecule has 1 heterocycles. The predicted molar refractivity (Wildman–Crippen MR) is 96.2 cm³/mol. The van der Waals surface area contributed by atoms with E-state index in [1.54, 1.807) is 28.6 Å². The van der Waals surface area contributed by atoms with Crippen molar-refractivity contribution in [3.05, 3.63) is 78.1 Å². The smallest absolute Gasteiger partial charge is 0.207 e. The molecular formula is C20H18FNO2S. The lowest BCUT2D eigenvalue weighted by molar-refractivity contribution is 0.396. The Labute approximate surface area is 146 Å². The van der Waals surface area contributed by atoms with Gasteiger partial charge in [-0.25, -0.2) is 12.8 Å². The molecule has 1 atom stereocenters. The highest BCUT2D eigenvalue weighted by Crippen LogP contribution is 2.37. The molecule has 0 saturated carbocycles. The van der Waals surface area contributed by atoms with Crippen LogP contribution in [0.15, 0.2) is 71.6 Å². The first-order valence-corrected chi connectivity index (χ1v) is 9.76. The van der Waals surface area contributed by atoms with Crippen LogP contribution in [0.3, 0.4) is 0 Å². The standard InChI is InChI=1S/C20H18FNO2S/c21-18-10-7-16(8-11-18)20-6-3-13-22(20)25(23,24)19-12-9-15-4-1-2-5-17(15)14-19/h1-2,4-5,7-12,14,20H,3,6,13H2. The highest BCUT2D eigenvalue weighted by molar-refractivity contribution is 7.89. The van der Waals surface area contributed by atoms with E-state index < -0.39 is 10.0 Å². The van der Waals surface area contributed by atoms with Crippen LogP contribution in [-0.4, -0.2) is 19.3 Å². The second-order valence-electron chi connectivity index (χ2n) is 6.33. The minimum Gasteiger partial charge on any atom is -0.207 e. The van der Waals surface area contributed by atoms with Crippen LogP contribution in [0.4, 0.5) is 4.39 Å².